The molecule has 0 fully saturated rings. The van der Waals surface area contributed by atoms with Crippen molar-refractivity contribution in [2.24, 2.45) is 0 Å². The Labute approximate surface area is 93.5 Å². The van der Waals surface area contributed by atoms with Crippen LogP contribution in [-0.4, -0.2) is 12.1 Å². The first-order valence-electron chi connectivity index (χ1n) is 5.20. The molecular formula is C14H11NO. The summed E-state index contributed by atoms with van der Waals surface area (Å²) in [6.45, 7) is 0. The number of hydrogen-bond donors (Lipinski definition) is 0. The van der Waals surface area contributed by atoms with Crippen LogP contribution in [0.3, 0.4) is 0 Å². The lowest BCUT2D eigenvalue weighted by molar-refractivity contribution is 0.420. The number of methoxy groups -OCH3 is 1. The van der Waals surface area contributed by atoms with E-state index in [-0.39, 0.29) is 0 Å². The zero-order valence-electron chi connectivity index (χ0n) is 8.97. The third-order valence-corrected chi connectivity index (χ3v) is 2.79. The molecule has 0 saturated heterocycles. The monoisotopic (exact) mass is 209 g/mol. The Morgan fingerprint density at radius 2 is 1.81 bits per heavy atom. The lowest BCUT2D eigenvalue weighted by Gasteiger charge is -2.08. The maximum absolute atomic E-state index is 5.41. The van der Waals surface area contributed by atoms with Crippen molar-refractivity contribution in [3.05, 3.63) is 48.7 Å². The second-order valence-electron chi connectivity index (χ2n) is 3.70. The average molecular weight is 209 g/mol. The standard InChI is InChI=1S/C14H11NO/c1-16-13-9-10-5-4-8-15-14(10)12-7-3-2-6-11(12)13/h2-9H,1H3. The van der Waals surface area contributed by atoms with Crippen molar-refractivity contribution in [1.29, 1.82) is 0 Å². The minimum Gasteiger partial charge on any atom is -0.496 e. The van der Waals surface area contributed by atoms with Gasteiger partial charge in [-0.05, 0) is 12.1 Å². The van der Waals surface area contributed by atoms with E-state index >= 15 is 0 Å². The van der Waals surface area contributed by atoms with Crippen molar-refractivity contribution >= 4 is 21.7 Å². The molecule has 0 saturated carbocycles. The third kappa shape index (κ3) is 1.23. The van der Waals surface area contributed by atoms with Gasteiger partial charge in [-0.3, -0.25) is 4.98 Å². The van der Waals surface area contributed by atoms with Crippen LogP contribution in [0.15, 0.2) is 48.7 Å². The van der Waals surface area contributed by atoms with Gasteiger partial charge in [0, 0.05) is 22.4 Å². The number of ether oxygens (including phenoxy) is 1. The summed E-state index contributed by atoms with van der Waals surface area (Å²) in [4.78, 5) is 4.43. The zero-order chi connectivity index (χ0) is 11.0. The van der Waals surface area contributed by atoms with E-state index in [1.807, 2.05) is 30.5 Å². The molecule has 0 atom stereocenters. The fraction of sp³-hybridized carbons (Fsp3) is 0.0714. The molecule has 3 rings (SSSR count). The molecule has 16 heavy (non-hydrogen) atoms. The van der Waals surface area contributed by atoms with Crippen molar-refractivity contribution in [2.75, 3.05) is 7.11 Å². The van der Waals surface area contributed by atoms with Crippen molar-refractivity contribution in [3.63, 3.8) is 0 Å². The van der Waals surface area contributed by atoms with Gasteiger partial charge in [0.2, 0.25) is 0 Å². The van der Waals surface area contributed by atoms with E-state index in [4.69, 9.17) is 4.74 Å². The predicted octanol–water partition coefficient (Wildman–Crippen LogP) is 3.40. The molecule has 1 aromatic heterocycles. The van der Waals surface area contributed by atoms with Gasteiger partial charge in [-0.2, -0.15) is 0 Å². The summed E-state index contributed by atoms with van der Waals surface area (Å²) in [5.41, 5.74) is 1.03. The molecule has 0 radical (unpaired) electrons. The minimum absolute atomic E-state index is 0.899. The Balaban J connectivity index is 2.57. The lowest BCUT2D eigenvalue weighted by Crippen LogP contribution is -1.87. The second-order valence-corrected chi connectivity index (χ2v) is 3.70. The van der Waals surface area contributed by atoms with Crippen LogP contribution >= 0.6 is 0 Å². The van der Waals surface area contributed by atoms with E-state index in [9.17, 15) is 0 Å². The zero-order valence-corrected chi connectivity index (χ0v) is 8.97. The van der Waals surface area contributed by atoms with Gasteiger partial charge in [-0.1, -0.05) is 30.3 Å². The minimum atomic E-state index is 0.899. The molecule has 0 aliphatic heterocycles. The Kier molecular flexibility index (Phi) is 2.00. The fourth-order valence-electron chi connectivity index (χ4n) is 2.05. The van der Waals surface area contributed by atoms with Crippen LogP contribution in [0.5, 0.6) is 5.75 Å². The molecule has 0 N–H and O–H groups in total. The number of hydrogen-bond acceptors (Lipinski definition) is 2. The molecule has 2 aromatic carbocycles. The summed E-state index contributed by atoms with van der Waals surface area (Å²) in [5.74, 6) is 0.899. The first kappa shape index (κ1) is 9.16. The summed E-state index contributed by atoms with van der Waals surface area (Å²) >= 11 is 0. The molecule has 78 valence electrons. The number of aromatic nitrogens is 1. The summed E-state index contributed by atoms with van der Waals surface area (Å²) < 4.78 is 5.41. The first-order chi connectivity index (χ1) is 7.90. The summed E-state index contributed by atoms with van der Waals surface area (Å²) in [6, 6.07) is 14.2. The third-order valence-electron chi connectivity index (χ3n) is 2.79. The maximum atomic E-state index is 5.41. The first-order valence-corrected chi connectivity index (χ1v) is 5.20. The van der Waals surface area contributed by atoms with Crippen LogP contribution in [0.2, 0.25) is 0 Å². The van der Waals surface area contributed by atoms with Crippen molar-refractivity contribution in [2.45, 2.75) is 0 Å². The van der Waals surface area contributed by atoms with E-state index in [1.54, 1.807) is 7.11 Å². The maximum Gasteiger partial charge on any atom is 0.127 e. The van der Waals surface area contributed by atoms with Gasteiger partial charge >= 0.3 is 0 Å². The average Bonchev–Trinajstić information content (AvgIpc) is 2.38. The molecule has 3 aromatic rings. The molecule has 0 amide bonds. The van der Waals surface area contributed by atoms with Gasteiger partial charge in [0.1, 0.15) is 5.75 Å². The highest BCUT2D eigenvalue weighted by Crippen LogP contribution is 2.31. The lowest BCUT2D eigenvalue weighted by atomic mass is 10.1. The molecule has 0 aliphatic rings. The van der Waals surface area contributed by atoms with E-state index in [1.165, 1.54) is 0 Å². The van der Waals surface area contributed by atoms with Crippen molar-refractivity contribution < 1.29 is 4.74 Å². The summed E-state index contributed by atoms with van der Waals surface area (Å²) in [6.07, 6.45) is 1.82. The van der Waals surface area contributed by atoms with Crippen LogP contribution in [0, 0.1) is 0 Å². The topological polar surface area (TPSA) is 22.1 Å². The fourth-order valence-corrected chi connectivity index (χ4v) is 2.05. The molecular weight excluding hydrogens is 198 g/mol. The van der Waals surface area contributed by atoms with Crippen molar-refractivity contribution in [3.8, 4) is 5.75 Å². The highest BCUT2D eigenvalue weighted by molar-refractivity contribution is 6.08. The smallest absolute Gasteiger partial charge is 0.127 e. The van der Waals surface area contributed by atoms with Crippen LogP contribution < -0.4 is 4.74 Å². The number of pyridine rings is 1. The Hall–Kier alpha value is -2.09. The highest BCUT2D eigenvalue weighted by atomic mass is 16.5. The Morgan fingerprint density at radius 1 is 1.00 bits per heavy atom. The SMILES string of the molecule is COc1cc2cccnc2c2ccccc12. The Bertz CT molecular complexity index is 661. The van der Waals surface area contributed by atoms with Crippen molar-refractivity contribution in [1.82, 2.24) is 4.98 Å². The molecule has 1 heterocycles. The number of nitrogens with zero attached hydrogens (tertiary/aromatic N) is 1. The van der Waals surface area contributed by atoms with Crippen LogP contribution in [0.25, 0.3) is 21.7 Å². The van der Waals surface area contributed by atoms with Crippen LogP contribution in [0.4, 0.5) is 0 Å². The van der Waals surface area contributed by atoms with Crippen LogP contribution in [0.1, 0.15) is 0 Å². The normalized spacial score (nSPS) is 10.8. The summed E-state index contributed by atoms with van der Waals surface area (Å²) in [5, 5.41) is 3.35. The van der Waals surface area contributed by atoms with Gasteiger partial charge < -0.3 is 4.74 Å². The number of fused-ring (bicyclic) bond motifs is 3. The molecule has 2 heteroatoms. The molecule has 0 unspecified atom stereocenters. The highest BCUT2D eigenvalue weighted by Gasteiger charge is 2.06. The molecule has 0 bridgehead atoms. The second kappa shape index (κ2) is 3.49. The van der Waals surface area contributed by atoms with E-state index in [2.05, 4.69) is 23.2 Å². The quantitative estimate of drug-likeness (QED) is 0.573. The van der Waals surface area contributed by atoms with Gasteiger partial charge in [-0.25, -0.2) is 0 Å². The summed E-state index contributed by atoms with van der Waals surface area (Å²) in [7, 11) is 1.70. The largest absolute Gasteiger partial charge is 0.496 e. The molecule has 0 aliphatic carbocycles. The molecule has 2 nitrogen and oxygen atoms in total. The van der Waals surface area contributed by atoms with E-state index < -0.39 is 0 Å². The van der Waals surface area contributed by atoms with Gasteiger partial charge in [0.05, 0.1) is 12.6 Å². The van der Waals surface area contributed by atoms with Gasteiger partial charge in [0.15, 0.2) is 0 Å². The van der Waals surface area contributed by atoms with Gasteiger partial charge in [0.25, 0.3) is 0 Å². The number of benzene rings is 2. The van der Waals surface area contributed by atoms with Crippen LogP contribution in [-0.2, 0) is 0 Å². The van der Waals surface area contributed by atoms with E-state index in [0.29, 0.717) is 0 Å². The van der Waals surface area contributed by atoms with E-state index in [0.717, 1.165) is 27.4 Å². The Morgan fingerprint density at radius 3 is 2.62 bits per heavy atom. The predicted molar refractivity (Wildman–Crippen MR) is 65.8 cm³/mol. The van der Waals surface area contributed by atoms with Gasteiger partial charge in [-0.15, -0.1) is 0 Å². The number of rotatable bonds is 1. The molecule has 0 spiro atoms.